The molecule has 0 aromatic rings. The van der Waals surface area contributed by atoms with Crippen LogP contribution < -0.4 is 0 Å². The Morgan fingerprint density at radius 3 is 3.23 bits per heavy atom. The topological polar surface area (TPSA) is 21.6 Å². The summed E-state index contributed by atoms with van der Waals surface area (Å²) in [5, 5.41) is 0. The van der Waals surface area contributed by atoms with E-state index in [1.165, 1.54) is 6.40 Å². The SMILES string of the molecule is CC1=CC=C2OC=NCC2(C)C#C1. The Bertz CT molecular complexity index is 379. The van der Waals surface area contributed by atoms with Crippen LogP contribution in [-0.2, 0) is 4.74 Å². The zero-order chi connectivity index (χ0) is 9.31. The van der Waals surface area contributed by atoms with E-state index in [-0.39, 0.29) is 5.41 Å². The Morgan fingerprint density at radius 1 is 1.54 bits per heavy atom. The first-order valence-corrected chi connectivity index (χ1v) is 4.28. The summed E-state index contributed by atoms with van der Waals surface area (Å²) in [5.41, 5.74) is 0.829. The first-order chi connectivity index (χ1) is 6.21. The standard InChI is InChI=1S/C11H11NO/c1-9-3-4-10-11(2,6-5-9)7-12-8-13-10/h3-4,8H,7H2,1-2H3. The van der Waals surface area contributed by atoms with Crippen LogP contribution in [-0.4, -0.2) is 12.9 Å². The zero-order valence-corrected chi connectivity index (χ0v) is 7.79. The fraction of sp³-hybridized carbons (Fsp3) is 0.364. The third-order valence-corrected chi connectivity index (χ3v) is 2.23. The highest BCUT2D eigenvalue weighted by atomic mass is 16.5. The van der Waals surface area contributed by atoms with Gasteiger partial charge in [0.05, 0.1) is 6.54 Å². The van der Waals surface area contributed by atoms with E-state index in [1.807, 2.05) is 19.1 Å². The summed E-state index contributed by atoms with van der Waals surface area (Å²) in [6.45, 7) is 4.73. The molecule has 2 nitrogen and oxygen atoms in total. The summed E-state index contributed by atoms with van der Waals surface area (Å²) in [4.78, 5) is 4.09. The molecule has 2 aliphatic rings. The maximum absolute atomic E-state index is 5.34. The molecule has 0 fully saturated rings. The fourth-order valence-electron chi connectivity index (χ4n) is 1.33. The predicted molar refractivity (Wildman–Crippen MR) is 52.2 cm³/mol. The molecule has 1 atom stereocenters. The molecule has 0 aromatic carbocycles. The molecule has 2 heteroatoms. The van der Waals surface area contributed by atoms with Gasteiger partial charge in [-0.15, -0.1) is 0 Å². The number of allylic oxidation sites excluding steroid dienone is 3. The number of hydrogen-bond donors (Lipinski definition) is 0. The van der Waals surface area contributed by atoms with Crippen LogP contribution in [0.2, 0.25) is 0 Å². The van der Waals surface area contributed by atoms with Gasteiger partial charge in [0.25, 0.3) is 0 Å². The average Bonchev–Trinajstić information content (AvgIpc) is 2.27. The molecule has 1 aliphatic heterocycles. The van der Waals surface area contributed by atoms with Crippen LogP contribution in [0.4, 0.5) is 0 Å². The van der Waals surface area contributed by atoms with Crippen LogP contribution in [0.1, 0.15) is 13.8 Å². The van der Waals surface area contributed by atoms with Crippen LogP contribution in [0.5, 0.6) is 0 Å². The second-order valence-corrected chi connectivity index (χ2v) is 3.53. The minimum absolute atomic E-state index is 0.233. The minimum Gasteiger partial charge on any atom is -0.449 e. The van der Waals surface area contributed by atoms with E-state index in [9.17, 15) is 0 Å². The molecule has 0 radical (unpaired) electrons. The Hall–Kier alpha value is -1.49. The molecule has 0 aromatic heterocycles. The number of aliphatic imine (C=N–C) groups is 1. The summed E-state index contributed by atoms with van der Waals surface area (Å²) in [5.74, 6) is 7.17. The summed E-state index contributed by atoms with van der Waals surface area (Å²) < 4.78 is 5.34. The highest BCUT2D eigenvalue weighted by molar-refractivity contribution is 5.54. The quantitative estimate of drug-likeness (QED) is 0.513. The van der Waals surface area contributed by atoms with Gasteiger partial charge in [0, 0.05) is 0 Å². The molecule has 66 valence electrons. The number of hydrogen-bond acceptors (Lipinski definition) is 2. The molecule has 0 spiro atoms. The van der Waals surface area contributed by atoms with Crippen molar-refractivity contribution < 1.29 is 4.74 Å². The largest absolute Gasteiger partial charge is 0.449 e. The van der Waals surface area contributed by atoms with E-state index in [0.717, 1.165) is 11.3 Å². The molecule has 0 amide bonds. The molecule has 2 rings (SSSR count). The van der Waals surface area contributed by atoms with Crippen molar-refractivity contribution in [3.63, 3.8) is 0 Å². The van der Waals surface area contributed by atoms with E-state index < -0.39 is 0 Å². The Morgan fingerprint density at radius 2 is 2.38 bits per heavy atom. The smallest absolute Gasteiger partial charge is 0.176 e. The summed E-state index contributed by atoms with van der Waals surface area (Å²) in [6, 6.07) is 0. The summed E-state index contributed by atoms with van der Waals surface area (Å²) in [6.07, 6.45) is 5.43. The molecule has 0 saturated heterocycles. The van der Waals surface area contributed by atoms with Crippen LogP contribution in [0.3, 0.4) is 0 Å². The van der Waals surface area contributed by atoms with Gasteiger partial charge in [0.15, 0.2) is 6.40 Å². The van der Waals surface area contributed by atoms with E-state index >= 15 is 0 Å². The molecule has 13 heavy (non-hydrogen) atoms. The molecule has 0 bridgehead atoms. The average molecular weight is 173 g/mol. The van der Waals surface area contributed by atoms with E-state index in [0.29, 0.717) is 6.54 Å². The van der Waals surface area contributed by atoms with Crippen molar-refractivity contribution in [2.24, 2.45) is 10.4 Å². The van der Waals surface area contributed by atoms with Gasteiger partial charge in [-0.3, -0.25) is 4.99 Å². The van der Waals surface area contributed by atoms with Crippen LogP contribution >= 0.6 is 0 Å². The van der Waals surface area contributed by atoms with Crippen molar-refractivity contribution in [2.45, 2.75) is 13.8 Å². The number of rotatable bonds is 0. The molecule has 1 unspecified atom stereocenters. The maximum atomic E-state index is 5.34. The lowest BCUT2D eigenvalue weighted by Gasteiger charge is -2.26. The second-order valence-electron chi connectivity index (χ2n) is 3.53. The lowest BCUT2D eigenvalue weighted by molar-refractivity contribution is 0.295. The van der Waals surface area contributed by atoms with Gasteiger partial charge >= 0.3 is 0 Å². The molecule has 1 heterocycles. The molecule has 0 N–H and O–H groups in total. The molecule has 1 aliphatic carbocycles. The van der Waals surface area contributed by atoms with Gasteiger partial charge in [-0.05, 0) is 31.6 Å². The van der Waals surface area contributed by atoms with Crippen LogP contribution in [0.15, 0.2) is 28.5 Å². The fourth-order valence-corrected chi connectivity index (χ4v) is 1.33. The third kappa shape index (κ3) is 1.38. The van der Waals surface area contributed by atoms with E-state index in [4.69, 9.17) is 4.74 Å². The van der Waals surface area contributed by atoms with Crippen LogP contribution in [0.25, 0.3) is 0 Å². The second kappa shape index (κ2) is 2.77. The Kier molecular flexibility index (Phi) is 1.73. The van der Waals surface area contributed by atoms with Crippen molar-refractivity contribution in [1.29, 1.82) is 0 Å². The van der Waals surface area contributed by atoms with Gasteiger partial charge in [-0.1, -0.05) is 11.8 Å². The minimum atomic E-state index is -0.233. The normalized spacial score (nSPS) is 30.0. The van der Waals surface area contributed by atoms with Gasteiger partial charge in [0.2, 0.25) is 0 Å². The summed E-state index contributed by atoms with van der Waals surface area (Å²) >= 11 is 0. The highest BCUT2D eigenvalue weighted by Crippen LogP contribution is 2.31. The van der Waals surface area contributed by atoms with Crippen molar-refractivity contribution in [3.05, 3.63) is 23.5 Å². The van der Waals surface area contributed by atoms with Crippen molar-refractivity contribution in [1.82, 2.24) is 0 Å². The van der Waals surface area contributed by atoms with Crippen molar-refractivity contribution in [3.8, 4) is 11.8 Å². The molecular weight excluding hydrogens is 162 g/mol. The monoisotopic (exact) mass is 173 g/mol. The lowest BCUT2D eigenvalue weighted by atomic mass is 9.88. The van der Waals surface area contributed by atoms with Gasteiger partial charge < -0.3 is 4.74 Å². The van der Waals surface area contributed by atoms with Gasteiger partial charge in [-0.2, -0.15) is 0 Å². The van der Waals surface area contributed by atoms with Gasteiger partial charge in [-0.25, -0.2) is 0 Å². The van der Waals surface area contributed by atoms with E-state index in [2.05, 4.69) is 23.8 Å². The summed E-state index contributed by atoms with van der Waals surface area (Å²) in [7, 11) is 0. The van der Waals surface area contributed by atoms with Crippen molar-refractivity contribution >= 4 is 6.40 Å². The Balaban J connectivity index is 2.47. The molecular formula is C11H11NO. The first kappa shape index (κ1) is 8.12. The number of nitrogens with zero attached hydrogens (tertiary/aromatic N) is 1. The van der Waals surface area contributed by atoms with Crippen molar-refractivity contribution in [2.75, 3.05) is 6.54 Å². The Labute approximate surface area is 78.0 Å². The van der Waals surface area contributed by atoms with E-state index in [1.54, 1.807) is 0 Å². The molecule has 0 saturated carbocycles. The third-order valence-electron chi connectivity index (χ3n) is 2.23. The lowest BCUT2D eigenvalue weighted by Crippen LogP contribution is -2.26. The highest BCUT2D eigenvalue weighted by Gasteiger charge is 2.31. The van der Waals surface area contributed by atoms with Gasteiger partial charge in [0.1, 0.15) is 11.2 Å². The maximum Gasteiger partial charge on any atom is 0.176 e. The number of fused-ring (bicyclic) bond motifs is 1. The zero-order valence-electron chi connectivity index (χ0n) is 7.79. The predicted octanol–water partition coefficient (Wildman–Crippen LogP) is 1.90. The van der Waals surface area contributed by atoms with Crippen LogP contribution in [0, 0.1) is 17.3 Å². The first-order valence-electron chi connectivity index (χ1n) is 4.28. The number of ether oxygens (including phenoxy) is 1.